The molecule has 2 aliphatic carbocycles. The monoisotopic (exact) mass is 450 g/mol. The van der Waals surface area contributed by atoms with Gasteiger partial charge in [0.15, 0.2) is 0 Å². The molecule has 1 saturated carbocycles. The second-order valence-corrected chi connectivity index (χ2v) is 9.25. The van der Waals surface area contributed by atoms with Crippen LogP contribution in [0, 0.1) is 5.92 Å². The number of benzene rings is 2. The zero-order valence-electron chi connectivity index (χ0n) is 19.0. The molecule has 0 aliphatic heterocycles. The lowest BCUT2D eigenvalue weighted by molar-refractivity contribution is -0.149. The summed E-state index contributed by atoms with van der Waals surface area (Å²) in [7, 11) is 0. The number of hydrogen-bond donors (Lipinski definition) is 3. The van der Waals surface area contributed by atoms with Crippen molar-refractivity contribution < 1.29 is 24.2 Å². The van der Waals surface area contributed by atoms with E-state index in [9.17, 15) is 19.5 Å². The van der Waals surface area contributed by atoms with Crippen LogP contribution in [0.2, 0.25) is 0 Å². The zero-order chi connectivity index (χ0) is 23.6. The van der Waals surface area contributed by atoms with Crippen LogP contribution in [0.5, 0.6) is 0 Å². The van der Waals surface area contributed by atoms with Gasteiger partial charge in [-0.2, -0.15) is 0 Å². The molecule has 1 atom stereocenters. The van der Waals surface area contributed by atoms with Gasteiger partial charge in [0.1, 0.15) is 18.2 Å². The Balaban J connectivity index is 1.35. The van der Waals surface area contributed by atoms with E-state index in [-0.39, 0.29) is 12.5 Å². The van der Waals surface area contributed by atoms with Crippen molar-refractivity contribution in [3.05, 3.63) is 59.7 Å². The number of carboxylic acids is 1. The minimum Gasteiger partial charge on any atom is -0.480 e. The SMILES string of the molecule is CC1CCC(NC(=O)[C@H](C)NC(=O)OCC2c3ccccc3-c3ccccc32)(C(=O)O)CC1. The van der Waals surface area contributed by atoms with E-state index < -0.39 is 29.6 Å². The summed E-state index contributed by atoms with van der Waals surface area (Å²) >= 11 is 0. The smallest absolute Gasteiger partial charge is 0.407 e. The first-order valence-corrected chi connectivity index (χ1v) is 11.5. The Labute approximate surface area is 193 Å². The van der Waals surface area contributed by atoms with Crippen molar-refractivity contribution >= 4 is 18.0 Å². The number of hydrogen-bond acceptors (Lipinski definition) is 4. The molecule has 3 N–H and O–H groups in total. The molecular weight excluding hydrogens is 420 g/mol. The Morgan fingerprint density at radius 3 is 2.12 bits per heavy atom. The summed E-state index contributed by atoms with van der Waals surface area (Å²) < 4.78 is 5.49. The third-order valence-corrected chi connectivity index (χ3v) is 6.97. The van der Waals surface area contributed by atoms with Gasteiger partial charge in [0.25, 0.3) is 0 Å². The first kappa shape index (κ1) is 22.8. The third-order valence-electron chi connectivity index (χ3n) is 6.97. The van der Waals surface area contributed by atoms with Crippen LogP contribution < -0.4 is 10.6 Å². The van der Waals surface area contributed by atoms with Crippen molar-refractivity contribution in [1.29, 1.82) is 0 Å². The molecule has 0 saturated heterocycles. The van der Waals surface area contributed by atoms with Gasteiger partial charge >= 0.3 is 12.1 Å². The molecule has 2 aliphatic rings. The molecule has 0 heterocycles. The van der Waals surface area contributed by atoms with E-state index in [1.807, 2.05) is 36.4 Å². The molecule has 0 aromatic heterocycles. The van der Waals surface area contributed by atoms with E-state index in [2.05, 4.69) is 29.7 Å². The fourth-order valence-electron chi connectivity index (χ4n) is 4.87. The second-order valence-electron chi connectivity index (χ2n) is 9.25. The van der Waals surface area contributed by atoms with E-state index in [0.717, 1.165) is 35.1 Å². The number of nitrogens with one attached hydrogen (secondary N) is 2. The highest BCUT2D eigenvalue weighted by Gasteiger charge is 2.43. The molecule has 1 fully saturated rings. The average Bonchev–Trinajstić information content (AvgIpc) is 3.13. The van der Waals surface area contributed by atoms with Crippen LogP contribution in [0.3, 0.4) is 0 Å². The molecule has 33 heavy (non-hydrogen) atoms. The number of carboxylic acid groups (broad SMARTS) is 1. The summed E-state index contributed by atoms with van der Waals surface area (Å²) in [6.07, 6.45) is 1.53. The molecule has 7 heteroatoms. The summed E-state index contributed by atoms with van der Waals surface area (Å²) in [6.45, 7) is 3.75. The van der Waals surface area contributed by atoms with Crippen LogP contribution in [-0.2, 0) is 14.3 Å². The van der Waals surface area contributed by atoms with Gasteiger partial charge in [-0.15, -0.1) is 0 Å². The fourth-order valence-corrected chi connectivity index (χ4v) is 4.87. The van der Waals surface area contributed by atoms with E-state index in [0.29, 0.717) is 18.8 Å². The predicted octanol–water partition coefficient (Wildman–Crippen LogP) is 4.06. The van der Waals surface area contributed by atoms with Crippen molar-refractivity contribution in [3.63, 3.8) is 0 Å². The van der Waals surface area contributed by atoms with Gasteiger partial charge in [-0.05, 0) is 60.8 Å². The van der Waals surface area contributed by atoms with Crippen LogP contribution in [0.25, 0.3) is 11.1 Å². The largest absolute Gasteiger partial charge is 0.480 e. The van der Waals surface area contributed by atoms with Crippen LogP contribution in [0.1, 0.15) is 56.6 Å². The number of alkyl carbamates (subject to hydrolysis) is 1. The lowest BCUT2D eigenvalue weighted by Crippen LogP contribution is -2.60. The maximum Gasteiger partial charge on any atom is 0.407 e. The van der Waals surface area contributed by atoms with Crippen molar-refractivity contribution in [2.75, 3.05) is 6.61 Å². The Morgan fingerprint density at radius 2 is 1.58 bits per heavy atom. The van der Waals surface area contributed by atoms with Gasteiger partial charge < -0.3 is 20.5 Å². The summed E-state index contributed by atoms with van der Waals surface area (Å²) in [5.74, 6) is -1.20. The molecule has 4 rings (SSSR count). The number of amides is 2. The first-order valence-electron chi connectivity index (χ1n) is 11.5. The van der Waals surface area contributed by atoms with Crippen molar-refractivity contribution in [1.82, 2.24) is 10.6 Å². The lowest BCUT2D eigenvalue weighted by atomic mass is 9.77. The number of carbonyl (C=O) groups excluding carboxylic acids is 2. The van der Waals surface area contributed by atoms with Crippen LogP contribution >= 0.6 is 0 Å². The minimum absolute atomic E-state index is 0.0770. The van der Waals surface area contributed by atoms with Gasteiger partial charge in [-0.1, -0.05) is 55.5 Å². The van der Waals surface area contributed by atoms with Crippen LogP contribution in [0.4, 0.5) is 4.79 Å². The Kier molecular flexibility index (Phi) is 6.40. The van der Waals surface area contributed by atoms with Crippen LogP contribution in [-0.4, -0.2) is 41.3 Å². The summed E-state index contributed by atoms with van der Waals surface area (Å²) in [5, 5.41) is 14.9. The fraction of sp³-hybridized carbons (Fsp3) is 0.423. The number of aliphatic carboxylic acids is 1. The molecule has 0 radical (unpaired) electrons. The molecule has 0 spiro atoms. The van der Waals surface area contributed by atoms with Gasteiger partial charge in [-0.3, -0.25) is 4.79 Å². The Hall–Kier alpha value is -3.35. The Bertz CT molecular complexity index is 1010. The maximum absolute atomic E-state index is 12.7. The van der Waals surface area contributed by atoms with Gasteiger partial charge in [0.2, 0.25) is 5.91 Å². The molecule has 7 nitrogen and oxygen atoms in total. The zero-order valence-corrected chi connectivity index (χ0v) is 19.0. The third kappa shape index (κ3) is 4.58. The summed E-state index contributed by atoms with van der Waals surface area (Å²) in [5.41, 5.74) is 3.20. The molecular formula is C26H30N2O5. The van der Waals surface area contributed by atoms with E-state index >= 15 is 0 Å². The highest BCUT2D eigenvalue weighted by Crippen LogP contribution is 2.44. The van der Waals surface area contributed by atoms with E-state index in [1.165, 1.54) is 6.92 Å². The highest BCUT2D eigenvalue weighted by molar-refractivity contribution is 5.91. The topological polar surface area (TPSA) is 105 Å². The average molecular weight is 451 g/mol. The molecule has 174 valence electrons. The van der Waals surface area contributed by atoms with Gasteiger partial charge in [0, 0.05) is 5.92 Å². The van der Waals surface area contributed by atoms with Crippen LogP contribution in [0.15, 0.2) is 48.5 Å². The first-order chi connectivity index (χ1) is 15.8. The van der Waals surface area contributed by atoms with Crippen molar-refractivity contribution in [2.24, 2.45) is 5.92 Å². The number of ether oxygens (including phenoxy) is 1. The molecule has 0 bridgehead atoms. The minimum atomic E-state index is -1.28. The van der Waals surface area contributed by atoms with E-state index in [4.69, 9.17) is 4.74 Å². The highest BCUT2D eigenvalue weighted by atomic mass is 16.5. The predicted molar refractivity (Wildman–Crippen MR) is 124 cm³/mol. The molecule has 2 aromatic rings. The van der Waals surface area contributed by atoms with Gasteiger partial charge in [-0.25, -0.2) is 9.59 Å². The summed E-state index contributed by atoms with van der Waals surface area (Å²) in [4.78, 5) is 37.0. The summed E-state index contributed by atoms with van der Waals surface area (Å²) in [6, 6.07) is 15.2. The number of carbonyl (C=O) groups is 3. The molecule has 0 unspecified atom stereocenters. The normalized spacial score (nSPS) is 22.5. The Morgan fingerprint density at radius 1 is 1.03 bits per heavy atom. The van der Waals surface area contributed by atoms with Crippen molar-refractivity contribution in [3.8, 4) is 11.1 Å². The standard InChI is InChI=1S/C26H30N2O5/c1-16-11-13-26(14-12-16,24(30)31)28-23(29)17(2)27-25(32)33-15-22-20-9-5-3-7-18(20)19-8-4-6-10-21(19)22/h3-10,16-17,22H,11-15H2,1-2H3,(H,27,32)(H,28,29)(H,30,31)/t16?,17-,26?/m0/s1. The molecule has 2 amide bonds. The second kappa shape index (κ2) is 9.25. The maximum atomic E-state index is 12.7. The molecule has 2 aromatic carbocycles. The van der Waals surface area contributed by atoms with Gasteiger partial charge in [0.05, 0.1) is 0 Å². The quantitative estimate of drug-likeness (QED) is 0.616. The number of fused-ring (bicyclic) bond motifs is 3. The lowest BCUT2D eigenvalue weighted by Gasteiger charge is -2.37. The van der Waals surface area contributed by atoms with Crippen molar-refractivity contribution in [2.45, 2.75) is 57.0 Å². The number of rotatable bonds is 6. The van der Waals surface area contributed by atoms with E-state index in [1.54, 1.807) is 0 Å².